The van der Waals surface area contributed by atoms with Gasteiger partial charge in [-0.05, 0) is 6.08 Å². The molecule has 1 saturated heterocycles. The third-order valence-corrected chi connectivity index (χ3v) is 2.03. The van der Waals surface area contributed by atoms with E-state index >= 15 is 0 Å². The number of ether oxygens (including phenoxy) is 1. The lowest BCUT2D eigenvalue weighted by Gasteiger charge is -2.08. The Morgan fingerprint density at radius 2 is 2.45 bits per heavy atom. The summed E-state index contributed by atoms with van der Waals surface area (Å²) in [5.74, 6) is -0.960. The zero-order valence-electron chi connectivity index (χ0n) is 5.73. The molecule has 0 spiro atoms. The molecule has 1 aliphatic heterocycles. The average Bonchev–Trinajstić information content (AvgIpc) is 2.66. The maximum Gasteiger partial charge on any atom is 0.331 e. The van der Waals surface area contributed by atoms with Gasteiger partial charge >= 0.3 is 5.97 Å². The highest BCUT2D eigenvalue weighted by molar-refractivity contribution is 5.87. The summed E-state index contributed by atoms with van der Waals surface area (Å²) < 4.78 is 5.01. The Balaban J connectivity index is 2.17. The minimum atomic E-state index is -0.960. The molecule has 1 heterocycles. The normalized spacial score (nSPS) is 40.8. The predicted molar refractivity (Wildman–Crippen MR) is 35.0 cm³/mol. The van der Waals surface area contributed by atoms with Crippen molar-refractivity contribution in [3.05, 3.63) is 11.6 Å². The topological polar surface area (TPSA) is 70.1 Å². The Morgan fingerprint density at radius 1 is 1.73 bits per heavy atom. The first kappa shape index (κ1) is 6.82. The number of aliphatic carboxylic acids is 1. The van der Waals surface area contributed by atoms with E-state index in [1.807, 2.05) is 0 Å². The number of carboxylic acid groups (broad SMARTS) is 1. The summed E-state index contributed by atoms with van der Waals surface area (Å²) >= 11 is 0. The molecule has 1 aliphatic carbocycles. The quantitative estimate of drug-likeness (QED) is 0.503. The zero-order valence-corrected chi connectivity index (χ0v) is 5.73. The minimum absolute atomic E-state index is 0.0545. The molecule has 0 bridgehead atoms. The highest BCUT2D eigenvalue weighted by Crippen LogP contribution is 2.36. The third-order valence-electron chi connectivity index (χ3n) is 2.03. The molecule has 0 unspecified atom stereocenters. The Kier molecular flexibility index (Phi) is 1.27. The maximum absolute atomic E-state index is 10.4. The second-order valence-electron chi connectivity index (χ2n) is 2.83. The fraction of sp³-hybridized carbons (Fsp3) is 0.571. The van der Waals surface area contributed by atoms with E-state index in [4.69, 9.17) is 9.84 Å². The molecule has 4 heteroatoms. The van der Waals surface area contributed by atoms with Gasteiger partial charge in [0, 0.05) is 12.0 Å². The minimum Gasteiger partial charge on any atom is -0.478 e. The van der Waals surface area contributed by atoms with Gasteiger partial charge in [-0.1, -0.05) is 0 Å². The van der Waals surface area contributed by atoms with E-state index in [0.717, 1.165) is 0 Å². The Morgan fingerprint density at radius 3 is 3.00 bits per heavy atom. The molecule has 0 saturated carbocycles. The first-order chi connectivity index (χ1) is 5.18. The van der Waals surface area contributed by atoms with E-state index in [1.54, 1.807) is 0 Å². The van der Waals surface area contributed by atoms with E-state index in [2.05, 4.69) is 0 Å². The number of carbonyl (C=O) groups is 1. The van der Waals surface area contributed by atoms with Crippen LogP contribution in [0.25, 0.3) is 0 Å². The molecule has 0 aromatic rings. The first-order valence-electron chi connectivity index (χ1n) is 3.46. The Hall–Kier alpha value is -0.870. The second kappa shape index (κ2) is 2.06. The first-order valence-corrected chi connectivity index (χ1v) is 3.46. The van der Waals surface area contributed by atoms with E-state index in [0.29, 0.717) is 6.42 Å². The highest BCUT2D eigenvalue weighted by Gasteiger charge is 2.47. The van der Waals surface area contributed by atoms with Crippen molar-refractivity contribution in [1.82, 2.24) is 0 Å². The van der Waals surface area contributed by atoms with Crippen molar-refractivity contribution in [3.8, 4) is 0 Å². The zero-order chi connectivity index (χ0) is 8.01. The van der Waals surface area contributed by atoms with Gasteiger partial charge < -0.3 is 14.9 Å². The van der Waals surface area contributed by atoms with Gasteiger partial charge in [-0.15, -0.1) is 0 Å². The van der Waals surface area contributed by atoms with Gasteiger partial charge in [0.2, 0.25) is 0 Å². The molecule has 2 rings (SSSR count). The number of fused-ring (bicyclic) bond motifs is 1. The lowest BCUT2D eigenvalue weighted by atomic mass is 9.98. The lowest BCUT2D eigenvalue weighted by molar-refractivity contribution is -0.133. The number of carboxylic acids is 1. The summed E-state index contributed by atoms with van der Waals surface area (Å²) in [7, 11) is 0. The monoisotopic (exact) mass is 156 g/mol. The van der Waals surface area contributed by atoms with Crippen molar-refractivity contribution in [2.24, 2.45) is 0 Å². The highest BCUT2D eigenvalue weighted by atomic mass is 16.6. The van der Waals surface area contributed by atoms with Gasteiger partial charge in [0.05, 0.1) is 6.10 Å². The summed E-state index contributed by atoms with van der Waals surface area (Å²) in [6, 6.07) is 0. The second-order valence-corrected chi connectivity index (χ2v) is 2.83. The number of aliphatic hydroxyl groups excluding tert-OH is 1. The van der Waals surface area contributed by atoms with E-state index in [-0.39, 0.29) is 17.8 Å². The number of epoxide rings is 1. The van der Waals surface area contributed by atoms with Gasteiger partial charge in [-0.25, -0.2) is 4.79 Å². The summed E-state index contributed by atoms with van der Waals surface area (Å²) in [6.45, 7) is 0. The molecule has 1 fully saturated rings. The fourth-order valence-corrected chi connectivity index (χ4v) is 1.37. The largest absolute Gasteiger partial charge is 0.478 e. The van der Waals surface area contributed by atoms with Crippen LogP contribution >= 0.6 is 0 Å². The molecule has 0 aromatic carbocycles. The number of hydrogen-bond acceptors (Lipinski definition) is 3. The van der Waals surface area contributed by atoms with Crippen molar-refractivity contribution >= 4 is 5.97 Å². The van der Waals surface area contributed by atoms with Crippen molar-refractivity contribution in [1.29, 1.82) is 0 Å². The molecule has 2 N–H and O–H groups in total. The maximum atomic E-state index is 10.4. The molecular formula is C7H8O4. The van der Waals surface area contributed by atoms with Crippen LogP contribution in [0, 0.1) is 0 Å². The third kappa shape index (κ3) is 1.04. The molecule has 2 aliphatic rings. The van der Waals surface area contributed by atoms with Crippen molar-refractivity contribution in [2.45, 2.75) is 24.7 Å². The number of hydrogen-bond donors (Lipinski definition) is 2. The van der Waals surface area contributed by atoms with Gasteiger partial charge in [-0.3, -0.25) is 0 Å². The van der Waals surface area contributed by atoms with Crippen LogP contribution in [0.15, 0.2) is 11.6 Å². The van der Waals surface area contributed by atoms with Crippen LogP contribution < -0.4 is 0 Å². The smallest absolute Gasteiger partial charge is 0.331 e. The standard InChI is InChI=1S/C7H8O4/c8-4-1-3(7(9)10)2-5-6(4)11-5/h1,4-6,8H,2H2,(H,9,10)/t4-,5+,6+/m1/s1. The molecule has 0 radical (unpaired) electrons. The summed E-state index contributed by atoms with van der Waals surface area (Å²) in [5.41, 5.74) is 0.260. The predicted octanol–water partition coefficient (Wildman–Crippen LogP) is -0.471. The SMILES string of the molecule is O=C(O)C1=C[C@@H](O)[C@@H]2O[C@H]2C1. The Labute approximate surface area is 63.1 Å². The number of rotatable bonds is 1. The van der Waals surface area contributed by atoms with Gasteiger partial charge in [0.15, 0.2) is 0 Å². The lowest BCUT2D eigenvalue weighted by Crippen LogP contribution is -2.22. The summed E-state index contributed by atoms with van der Waals surface area (Å²) in [4.78, 5) is 10.4. The molecule has 4 nitrogen and oxygen atoms in total. The van der Waals surface area contributed by atoms with Gasteiger partial charge in [0.25, 0.3) is 0 Å². The van der Waals surface area contributed by atoms with E-state index < -0.39 is 12.1 Å². The summed E-state index contributed by atoms with van der Waals surface area (Å²) in [5, 5.41) is 17.7. The molecular weight excluding hydrogens is 148 g/mol. The molecule has 11 heavy (non-hydrogen) atoms. The van der Waals surface area contributed by atoms with Crippen LogP contribution in [0.5, 0.6) is 0 Å². The van der Waals surface area contributed by atoms with Crippen LogP contribution in [-0.2, 0) is 9.53 Å². The van der Waals surface area contributed by atoms with Crippen LogP contribution in [0.4, 0.5) is 0 Å². The van der Waals surface area contributed by atoms with Crippen molar-refractivity contribution in [3.63, 3.8) is 0 Å². The molecule has 3 atom stereocenters. The van der Waals surface area contributed by atoms with Gasteiger partial charge in [-0.2, -0.15) is 0 Å². The van der Waals surface area contributed by atoms with Crippen LogP contribution in [0.3, 0.4) is 0 Å². The molecule has 0 aromatic heterocycles. The van der Waals surface area contributed by atoms with E-state index in [1.165, 1.54) is 6.08 Å². The number of aliphatic hydroxyl groups is 1. The Bertz CT molecular complexity index is 233. The van der Waals surface area contributed by atoms with Crippen LogP contribution in [-0.4, -0.2) is 34.5 Å². The fourth-order valence-electron chi connectivity index (χ4n) is 1.37. The van der Waals surface area contributed by atoms with Crippen LogP contribution in [0.2, 0.25) is 0 Å². The average molecular weight is 156 g/mol. The van der Waals surface area contributed by atoms with Gasteiger partial charge in [0.1, 0.15) is 12.2 Å². The van der Waals surface area contributed by atoms with E-state index in [9.17, 15) is 9.90 Å². The molecule has 60 valence electrons. The summed E-state index contributed by atoms with van der Waals surface area (Å²) in [6.07, 6.45) is 0.868. The van der Waals surface area contributed by atoms with Crippen molar-refractivity contribution < 1.29 is 19.7 Å². The van der Waals surface area contributed by atoms with Crippen molar-refractivity contribution in [2.75, 3.05) is 0 Å². The molecule has 0 amide bonds. The van der Waals surface area contributed by atoms with Crippen LogP contribution in [0.1, 0.15) is 6.42 Å².